The van der Waals surface area contributed by atoms with Crippen molar-refractivity contribution in [1.82, 2.24) is 0 Å². The van der Waals surface area contributed by atoms with Gasteiger partial charge in [-0.25, -0.2) is 13.2 Å². The van der Waals surface area contributed by atoms with Gasteiger partial charge in [-0.3, -0.25) is 4.79 Å². The second-order valence-electron chi connectivity index (χ2n) is 6.35. The van der Waals surface area contributed by atoms with Gasteiger partial charge in [0.05, 0.1) is 10.5 Å². The third kappa shape index (κ3) is 4.25. The summed E-state index contributed by atoms with van der Waals surface area (Å²) in [7, 11) is -3.48. The van der Waals surface area contributed by atoms with Gasteiger partial charge in [-0.2, -0.15) is 0 Å². The van der Waals surface area contributed by atoms with Gasteiger partial charge in [-0.1, -0.05) is 6.07 Å². The van der Waals surface area contributed by atoms with E-state index in [9.17, 15) is 18.0 Å². The van der Waals surface area contributed by atoms with E-state index >= 15 is 0 Å². The van der Waals surface area contributed by atoms with Gasteiger partial charge in [0.25, 0.3) is 5.91 Å². The summed E-state index contributed by atoms with van der Waals surface area (Å²) in [5.74, 6) is -0.227. The Bertz CT molecular complexity index is 1050. The summed E-state index contributed by atoms with van der Waals surface area (Å²) >= 11 is 0. The van der Waals surface area contributed by atoms with Crippen LogP contribution in [-0.2, 0) is 19.4 Å². The number of hydrogen-bond acceptors (Lipinski definition) is 7. The maximum atomic E-state index is 12.4. The maximum absolute atomic E-state index is 12.4. The summed E-state index contributed by atoms with van der Waals surface area (Å²) in [6.45, 7) is 3.20. The molecule has 1 N–H and O–H groups in total. The molecule has 1 aliphatic rings. The highest BCUT2D eigenvalue weighted by atomic mass is 32.2. The molecule has 0 aromatic heterocycles. The number of carbonyl (C=O) groups excluding carboxylic acids is 2. The van der Waals surface area contributed by atoms with Crippen LogP contribution in [0.25, 0.3) is 0 Å². The summed E-state index contributed by atoms with van der Waals surface area (Å²) in [6, 6.07) is 9.08. The molecule has 2 aromatic carbocycles. The largest absolute Gasteiger partial charge is 0.454 e. The molecule has 1 aliphatic heterocycles. The van der Waals surface area contributed by atoms with Crippen molar-refractivity contribution in [2.24, 2.45) is 0 Å². The molecule has 2 aromatic rings. The number of carbonyl (C=O) groups is 2. The van der Waals surface area contributed by atoms with Crippen LogP contribution >= 0.6 is 0 Å². The van der Waals surface area contributed by atoms with Crippen LogP contribution in [0.4, 0.5) is 5.69 Å². The number of rotatable bonds is 5. The van der Waals surface area contributed by atoms with Gasteiger partial charge in [0, 0.05) is 18.0 Å². The lowest BCUT2D eigenvalue weighted by Gasteiger charge is -2.15. The highest BCUT2D eigenvalue weighted by Crippen LogP contribution is 2.34. The van der Waals surface area contributed by atoms with Gasteiger partial charge < -0.3 is 19.5 Å². The molecule has 0 aliphatic carbocycles. The SMILES string of the molecule is Cc1ccc(S(C)(=O)=O)cc1C(=O)O[C@H](C)C(=O)Nc1ccc2c(c1)OCO2. The van der Waals surface area contributed by atoms with Gasteiger partial charge in [-0.05, 0) is 43.7 Å². The van der Waals surface area contributed by atoms with E-state index in [2.05, 4.69) is 5.32 Å². The second kappa shape index (κ2) is 7.51. The van der Waals surface area contributed by atoms with Crippen molar-refractivity contribution in [3.8, 4) is 11.5 Å². The van der Waals surface area contributed by atoms with Crippen LogP contribution in [0.5, 0.6) is 11.5 Å². The number of ether oxygens (including phenoxy) is 3. The topological polar surface area (TPSA) is 108 Å². The highest BCUT2D eigenvalue weighted by molar-refractivity contribution is 7.90. The first kappa shape index (κ1) is 19.7. The van der Waals surface area contributed by atoms with Crippen LogP contribution in [0.15, 0.2) is 41.3 Å². The second-order valence-corrected chi connectivity index (χ2v) is 8.37. The van der Waals surface area contributed by atoms with Gasteiger partial charge in [0.2, 0.25) is 6.79 Å². The lowest BCUT2D eigenvalue weighted by molar-refractivity contribution is -0.123. The van der Waals surface area contributed by atoms with Crippen molar-refractivity contribution in [3.63, 3.8) is 0 Å². The van der Waals surface area contributed by atoms with Crippen molar-refractivity contribution < 1.29 is 32.2 Å². The Morgan fingerprint density at radius 1 is 1.11 bits per heavy atom. The summed E-state index contributed by atoms with van der Waals surface area (Å²) in [6.07, 6.45) is -0.0481. The molecule has 0 bridgehead atoms. The Morgan fingerprint density at radius 2 is 1.82 bits per heavy atom. The van der Waals surface area contributed by atoms with Crippen LogP contribution in [-0.4, -0.2) is 39.4 Å². The van der Waals surface area contributed by atoms with Crippen LogP contribution < -0.4 is 14.8 Å². The molecule has 0 fully saturated rings. The third-order valence-electron chi connectivity index (χ3n) is 4.15. The number of anilines is 1. The minimum absolute atomic E-state index is 0.00233. The third-order valence-corrected chi connectivity index (χ3v) is 5.26. The van der Waals surface area contributed by atoms with Crippen molar-refractivity contribution in [1.29, 1.82) is 0 Å². The van der Waals surface area contributed by atoms with Crippen LogP contribution in [0.1, 0.15) is 22.8 Å². The number of fused-ring (bicyclic) bond motifs is 1. The molecule has 0 spiro atoms. The predicted octanol–water partition coefficient (Wildman–Crippen LogP) is 2.31. The number of esters is 1. The Hall–Kier alpha value is -3.07. The number of sulfone groups is 1. The first-order valence-electron chi connectivity index (χ1n) is 8.37. The highest BCUT2D eigenvalue weighted by Gasteiger charge is 2.22. The lowest BCUT2D eigenvalue weighted by Crippen LogP contribution is -2.30. The molecular formula is C19H19NO7S. The normalized spacial score (nSPS) is 13.7. The molecule has 8 nitrogen and oxygen atoms in total. The smallest absolute Gasteiger partial charge is 0.339 e. The summed E-state index contributed by atoms with van der Waals surface area (Å²) in [4.78, 5) is 24.8. The van der Waals surface area contributed by atoms with E-state index in [1.54, 1.807) is 25.1 Å². The van der Waals surface area contributed by atoms with E-state index in [0.29, 0.717) is 22.7 Å². The minimum Gasteiger partial charge on any atom is -0.454 e. The van der Waals surface area contributed by atoms with Crippen molar-refractivity contribution in [3.05, 3.63) is 47.5 Å². The quantitative estimate of drug-likeness (QED) is 0.761. The Morgan fingerprint density at radius 3 is 2.54 bits per heavy atom. The number of nitrogens with one attached hydrogen (secondary N) is 1. The van der Waals surface area contributed by atoms with Gasteiger partial charge in [0.15, 0.2) is 27.4 Å². The van der Waals surface area contributed by atoms with Crippen LogP contribution in [0, 0.1) is 6.92 Å². The molecular weight excluding hydrogens is 386 g/mol. The Balaban J connectivity index is 1.69. The molecule has 0 saturated heterocycles. The fourth-order valence-electron chi connectivity index (χ4n) is 2.55. The van der Waals surface area contributed by atoms with E-state index in [1.165, 1.54) is 25.1 Å². The van der Waals surface area contributed by atoms with E-state index in [1.807, 2.05) is 0 Å². The van der Waals surface area contributed by atoms with E-state index in [0.717, 1.165) is 6.26 Å². The van der Waals surface area contributed by atoms with Crippen molar-refractivity contribution >= 4 is 27.4 Å². The number of hydrogen-bond donors (Lipinski definition) is 1. The van der Waals surface area contributed by atoms with E-state index in [4.69, 9.17) is 14.2 Å². The van der Waals surface area contributed by atoms with E-state index < -0.39 is 27.8 Å². The van der Waals surface area contributed by atoms with Crippen LogP contribution in [0.3, 0.4) is 0 Å². The number of aryl methyl sites for hydroxylation is 1. The zero-order valence-electron chi connectivity index (χ0n) is 15.5. The van der Waals surface area contributed by atoms with Gasteiger partial charge in [0.1, 0.15) is 0 Å². The summed E-state index contributed by atoms with van der Waals surface area (Å²) in [5.41, 5.74) is 1.10. The summed E-state index contributed by atoms with van der Waals surface area (Å²) in [5, 5.41) is 2.63. The average Bonchev–Trinajstić information content (AvgIpc) is 3.08. The Kier molecular flexibility index (Phi) is 5.28. The first-order valence-corrected chi connectivity index (χ1v) is 10.3. The molecule has 148 valence electrons. The number of benzene rings is 2. The average molecular weight is 405 g/mol. The predicted molar refractivity (Wildman–Crippen MR) is 100 cm³/mol. The maximum Gasteiger partial charge on any atom is 0.339 e. The molecule has 0 radical (unpaired) electrons. The zero-order chi connectivity index (χ0) is 20.5. The molecule has 1 amide bonds. The minimum atomic E-state index is -3.48. The van der Waals surface area contributed by atoms with Crippen molar-refractivity contribution in [2.45, 2.75) is 24.8 Å². The fraction of sp³-hybridized carbons (Fsp3) is 0.263. The van der Waals surface area contributed by atoms with Gasteiger partial charge in [-0.15, -0.1) is 0 Å². The molecule has 1 heterocycles. The molecule has 3 rings (SSSR count). The summed E-state index contributed by atoms with van der Waals surface area (Å²) < 4.78 is 39.1. The standard InChI is InChI=1S/C19H19NO7S/c1-11-4-6-14(28(3,23)24)9-15(11)19(22)27-12(2)18(21)20-13-5-7-16-17(8-13)26-10-25-16/h4-9,12H,10H2,1-3H3,(H,20,21)/t12-/m1/s1. The molecule has 1 atom stereocenters. The molecule has 0 unspecified atom stereocenters. The number of amides is 1. The fourth-order valence-corrected chi connectivity index (χ4v) is 3.19. The first-order chi connectivity index (χ1) is 13.1. The lowest BCUT2D eigenvalue weighted by atomic mass is 10.1. The van der Waals surface area contributed by atoms with Gasteiger partial charge >= 0.3 is 5.97 Å². The zero-order valence-corrected chi connectivity index (χ0v) is 16.3. The monoisotopic (exact) mass is 405 g/mol. The molecule has 28 heavy (non-hydrogen) atoms. The van der Waals surface area contributed by atoms with E-state index in [-0.39, 0.29) is 17.3 Å². The van der Waals surface area contributed by atoms with Crippen molar-refractivity contribution in [2.75, 3.05) is 18.4 Å². The molecule has 0 saturated carbocycles. The van der Waals surface area contributed by atoms with Crippen LogP contribution in [0.2, 0.25) is 0 Å². The molecule has 9 heteroatoms. The Labute approximate surface area is 162 Å².